The molecule has 0 atom stereocenters. The minimum atomic E-state index is -0.190. The van der Waals surface area contributed by atoms with Crippen molar-refractivity contribution in [1.29, 1.82) is 0 Å². The number of nitrogens with one attached hydrogen (secondary N) is 2. The standard InChI is InChI=1S/C15H23N5O/c1-5-7-8-20-14(10(3)9-16-20)17-15(21)13-11(4)12(6-2)18-19-13/h9H,5-8H2,1-4H3,(H,17,21)(H,18,19). The fraction of sp³-hybridized carbons (Fsp3) is 0.533. The number of hydrogen-bond acceptors (Lipinski definition) is 3. The maximum Gasteiger partial charge on any atom is 0.277 e. The lowest BCUT2D eigenvalue weighted by Crippen LogP contribution is -2.18. The molecule has 0 aliphatic heterocycles. The second-order valence-corrected chi connectivity index (χ2v) is 5.24. The molecule has 2 aromatic rings. The summed E-state index contributed by atoms with van der Waals surface area (Å²) in [7, 11) is 0. The Kier molecular flexibility index (Phi) is 4.77. The minimum Gasteiger partial charge on any atom is -0.305 e. The van der Waals surface area contributed by atoms with Crippen molar-refractivity contribution in [3.05, 3.63) is 28.7 Å². The average Bonchev–Trinajstić information content (AvgIpc) is 3.01. The van der Waals surface area contributed by atoms with Crippen LogP contribution in [0.25, 0.3) is 0 Å². The van der Waals surface area contributed by atoms with Gasteiger partial charge in [0.05, 0.1) is 6.20 Å². The Morgan fingerprint density at radius 1 is 1.38 bits per heavy atom. The summed E-state index contributed by atoms with van der Waals surface area (Å²) in [5.41, 5.74) is 3.32. The highest BCUT2D eigenvalue weighted by molar-refractivity contribution is 6.03. The van der Waals surface area contributed by atoms with Gasteiger partial charge >= 0.3 is 0 Å². The number of carbonyl (C=O) groups excluding carboxylic acids is 1. The van der Waals surface area contributed by atoms with Crippen molar-refractivity contribution in [1.82, 2.24) is 20.0 Å². The van der Waals surface area contributed by atoms with Crippen LogP contribution in [0.5, 0.6) is 0 Å². The van der Waals surface area contributed by atoms with Gasteiger partial charge in [-0.05, 0) is 26.7 Å². The molecule has 0 fully saturated rings. The number of aromatic nitrogens is 4. The smallest absolute Gasteiger partial charge is 0.277 e. The molecule has 0 spiro atoms. The topological polar surface area (TPSA) is 75.6 Å². The normalized spacial score (nSPS) is 10.9. The monoisotopic (exact) mass is 289 g/mol. The predicted molar refractivity (Wildman–Crippen MR) is 82.5 cm³/mol. The van der Waals surface area contributed by atoms with Crippen LogP contribution < -0.4 is 5.32 Å². The van der Waals surface area contributed by atoms with Gasteiger partial charge in [0.2, 0.25) is 0 Å². The molecule has 0 radical (unpaired) electrons. The van der Waals surface area contributed by atoms with Gasteiger partial charge in [0.1, 0.15) is 5.82 Å². The molecule has 0 unspecified atom stereocenters. The quantitative estimate of drug-likeness (QED) is 0.858. The SMILES string of the molecule is CCCCn1ncc(C)c1NC(=O)c1n[nH]c(CC)c1C. The molecule has 0 saturated carbocycles. The van der Waals surface area contributed by atoms with Gasteiger partial charge < -0.3 is 5.32 Å². The molecule has 1 amide bonds. The number of hydrogen-bond donors (Lipinski definition) is 2. The molecule has 2 aromatic heterocycles. The number of anilines is 1. The first kappa shape index (κ1) is 15.3. The van der Waals surface area contributed by atoms with Gasteiger partial charge in [-0.1, -0.05) is 20.3 Å². The number of carbonyl (C=O) groups is 1. The Labute approximate surface area is 124 Å². The van der Waals surface area contributed by atoms with Crippen LogP contribution in [0, 0.1) is 13.8 Å². The van der Waals surface area contributed by atoms with Gasteiger partial charge in [-0.2, -0.15) is 10.2 Å². The van der Waals surface area contributed by atoms with E-state index in [1.807, 2.05) is 25.5 Å². The van der Waals surface area contributed by atoms with Crippen LogP contribution in [0.15, 0.2) is 6.20 Å². The van der Waals surface area contributed by atoms with E-state index in [1.54, 1.807) is 6.20 Å². The van der Waals surface area contributed by atoms with Crippen molar-refractivity contribution >= 4 is 11.7 Å². The zero-order chi connectivity index (χ0) is 15.4. The van der Waals surface area contributed by atoms with Crippen LogP contribution in [0.1, 0.15) is 54.0 Å². The summed E-state index contributed by atoms with van der Waals surface area (Å²) in [5.74, 6) is 0.568. The maximum atomic E-state index is 12.4. The molecule has 2 heterocycles. The van der Waals surface area contributed by atoms with Crippen molar-refractivity contribution in [2.75, 3.05) is 5.32 Å². The second-order valence-electron chi connectivity index (χ2n) is 5.24. The Morgan fingerprint density at radius 2 is 2.14 bits per heavy atom. The molecule has 21 heavy (non-hydrogen) atoms. The summed E-state index contributed by atoms with van der Waals surface area (Å²) in [6, 6.07) is 0. The van der Waals surface area contributed by atoms with Crippen molar-refractivity contribution in [2.24, 2.45) is 0 Å². The fourth-order valence-corrected chi connectivity index (χ4v) is 2.29. The Hall–Kier alpha value is -2.11. The van der Waals surface area contributed by atoms with Crippen LogP contribution in [0.2, 0.25) is 0 Å². The van der Waals surface area contributed by atoms with Crippen LogP contribution >= 0.6 is 0 Å². The molecule has 0 aliphatic rings. The van der Waals surface area contributed by atoms with Gasteiger partial charge in [0.25, 0.3) is 5.91 Å². The van der Waals surface area contributed by atoms with E-state index >= 15 is 0 Å². The molecule has 6 nitrogen and oxygen atoms in total. The van der Waals surface area contributed by atoms with Crippen LogP contribution in [-0.2, 0) is 13.0 Å². The molecular weight excluding hydrogens is 266 g/mol. The van der Waals surface area contributed by atoms with E-state index in [4.69, 9.17) is 0 Å². The number of unbranched alkanes of at least 4 members (excludes halogenated alkanes) is 1. The Bertz CT molecular complexity index is 626. The second kappa shape index (κ2) is 6.56. The van der Waals surface area contributed by atoms with Crippen LogP contribution in [0.4, 0.5) is 5.82 Å². The molecule has 0 saturated heterocycles. The molecule has 0 aromatic carbocycles. The van der Waals surface area contributed by atoms with Gasteiger partial charge in [-0.3, -0.25) is 9.89 Å². The molecule has 2 N–H and O–H groups in total. The molecular formula is C15H23N5O. The molecule has 114 valence electrons. The van der Waals surface area contributed by atoms with Gasteiger partial charge in [0, 0.05) is 23.4 Å². The lowest BCUT2D eigenvalue weighted by Gasteiger charge is -2.09. The number of aryl methyl sites for hydroxylation is 3. The van der Waals surface area contributed by atoms with Crippen LogP contribution in [0.3, 0.4) is 0 Å². The fourth-order valence-electron chi connectivity index (χ4n) is 2.29. The van der Waals surface area contributed by atoms with Gasteiger partial charge in [0.15, 0.2) is 5.69 Å². The summed E-state index contributed by atoms with van der Waals surface area (Å²) >= 11 is 0. The highest BCUT2D eigenvalue weighted by atomic mass is 16.2. The third-order valence-corrected chi connectivity index (χ3v) is 3.66. The predicted octanol–water partition coefficient (Wildman–Crippen LogP) is 2.84. The van der Waals surface area contributed by atoms with Crippen molar-refractivity contribution in [3.8, 4) is 0 Å². The summed E-state index contributed by atoms with van der Waals surface area (Å²) in [5, 5.41) is 14.3. The summed E-state index contributed by atoms with van der Waals surface area (Å²) in [6.45, 7) is 8.83. The number of aromatic amines is 1. The van der Waals surface area contributed by atoms with E-state index in [9.17, 15) is 4.79 Å². The summed E-state index contributed by atoms with van der Waals surface area (Å²) in [4.78, 5) is 12.4. The molecule has 0 aliphatic carbocycles. The Balaban J connectivity index is 2.19. The largest absolute Gasteiger partial charge is 0.305 e. The maximum absolute atomic E-state index is 12.4. The van der Waals surface area contributed by atoms with E-state index < -0.39 is 0 Å². The zero-order valence-electron chi connectivity index (χ0n) is 13.2. The highest BCUT2D eigenvalue weighted by Gasteiger charge is 2.18. The first-order chi connectivity index (χ1) is 10.1. The van der Waals surface area contributed by atoms with E-state index in [-0.39, 0.29) is 5.91 Å². The first-order valence-electron chi connectivity index (χ1n) is 7.46. The van der Waals surface area contributed by atoms with E-state index in [0.717, 1.165) is 48.4 Å². The third-order valence-electron chi connectivity index (χ3n) is 3.66. The van der Waals surface area contributed by atoms with Crippen molar-refractivity contribution < 1.29 is 4.79 Å². The number of nitrogens with zero attached hydrogens (tertiary/aromatic N) is 3. The van der Waals surface area contributed by atoms with E-state index in [2.05, 4.69) is 27.5 Å². The van der Waals surface area contributed by atoms with Gasteiger partial charge in [-0.25, -0.2) is 4.68 Å². The van der Waals surface area contributed by atoms with Gasteiger partial charge in [-0.15, -0.1) is 0 Å². The lowest BCUT2D eigenvalue weighted by molar-refractivity contribution is 0.102. The molecule has 0 bridgehead atoms. The third kappa shape index (κ3) is 3.15. The lowest BCUT2D eigenvalue weighted by atomic mass is 10.1. The highest BCUT2D eigenvalue weighted by Crippen LogP contribution is 2.17. The number of rotatable bonds is 6. The van der Waals surface area contributed by atoms with Crippen molar-refractivity contribution in [3.63, 3.8) is 0 Å². The minimum absolute atomic E-state index is 0.190. The summed E-state index contributed by atoms with van der Waals surface area (Å²) in [6.07, 6.45) is 4.73. The summed E-state index contributed by atoms with van der Waals surface area (Å²) < 4.78 is 1.85. The number of amides is 1. The number of H-pyrrole nitrogens is 1. The zero-order valence-corrected chi connectivity index (χ0v) is 13.2. The van der Waals surface area contributed by atoms with E-state index in [1.165, 1.54) is 0 Å². The van der Waals surface area contributed by atoms with E-state index in [0.29, 0.717) is 5.69 Å². The Morgan fingerprint density at radius 3 is 2.76 bits per heavy atom. The van der Waals surface area contributed by atoms with Crippen molar-refractivity contribution in [2.45, 2.75) is 53.5 Å². The molecule has 6 heteroatoms. The first-order valence-corrected chi connectivity index (χ1v) is 7.46. The van der Waals surface area contributed by atoms with Crippen LogP contribution in [-0.4, -0.2) is 25.9 Å². The molecule has 2 rings (SSSR count). The average molecular weight is 289 g/mol.